The summed E-state index contributed by atoms with van der Waals surface area (Å²) >= 11 is 0. The van der Waals surface area contributed by atoms with E-state index in [9.17, 15) is 0 Å². The summed E-state index contributed by atoms with van der Waals surface area (Å²) in [5.41, 5.74) is 5.56. The molecule has 0 aromatic carbocycles. The monoisotopic (exact) mass is 219 g/mol. The van der Waals surface area contributed by atoms with Crippen LogP contribution in [-0.4, -0.2) is 28.6 Å². The highest BCUT2D eigenvalue weighted by Gasteiger charge is 2.42. The zero-order valence-corrected chi connectivity index (χ0v) is 11.8. The lowest BCUT2D eigenvalue weighted by molar-refractivity contribution is 0.336. The second kappa shape index (κ2) is 5.29. The molecule has 0 aromatic heterocycles. The summed E-state index contributed by atoms with van der Waals surface area (Å²) in [6.07, 6.45) is 1.13. The molecule has 0 rings (SSSR count). The van der Waals surface area contributed by atoms with Gasteiger partial charge in [0.1, 0.15) is 0 Å². The summed E-state index contributed by atoms with van der Waals surface area (Å²) < 4.78 is 6.04. The normalized spacial score (nSPS) is 17.1. The van der Waals surface area contributed by atoms with Crippen LogP contribution in [0, 0.1) is 0 Å². The summed E-state index contributed by atoms with van der Waals surface area (Å²) in [7, 11) is -2.52. The van der Waals surface area contributed by atoms with Gasteiger partial charge in [0.2, 0.25) is 0 Å². The standard InChI is InChI=1S/C9H25NOSi2/c1-6-11-13(5,9-7-8-10)12(2,3)4/h6-10H2,1-5H3. The van der Waals surface area contributed by atoms with Gasteiger partial charge < -0.3 is 10.2 Å². The Morgan fingerprint density at radius 2 is 1.69 bits per heavy atom. The predicted octanol–water partition coefficient (Wildman–Crippen LogP) is 2.36. The van der Waals surface area contributed by atoms with Crippen LogP contribution in [0.25, 0.3) is 0 Å². The molecule has 0 aliphatic carbocycles. The molecule has 80 valence electrons. The fourth-order valence-electron chi connectivity index (χ4n) is 1.42. The molecule has 0 aliphatic heterocycles. The molecule has 0 amide bonds. The van der Waals surface area contributed by atoms with E-state index in [0.717, 1.165) is 19.6 Å². The van der Waals surface area contributed by atoms with E-state index in [0.29, 0.717) is 0 Å². The van der Waals surface area contributed by atoms with Crippen molar-refractivity contribution in [3.8, 4) is 0 Å². The van der Waals surface area contributed by atoms with E-state index in [1.54, 1.807) is 0 Å². The Hall–Kier alpha value is 0.354. The summed E-state index contributed by atoms with van der Waals surface area (Å²) in [5, 5.41) is 0. The van der Waals surface area contributed by atoms with Gasteiger partial charge >= 0.3 is 0 Å². The van der Waals surface area contributed by atoms with Crippen LogP contribution in [0.4, 0.5) is 0 Å². The van der Waals surface area contributed by atoms with Crippen molar-refractivity contribution in [2.45, 2.75) is 45.6 Å². The van der Waals surface area contributed by atoms with Crippen LogP contribution in [0.5, 0.6) is 0 Å². The van der Waals surface area contributed by atoms with E-state index < -0.39 is 15.4 Å². The maximum absolute atomic E-state index is 6.04. The van der Waals surface area contributed by atoms with Crippen molar-refractivity contribution in [3.05, 3.63) is 0 Å². The van der Waals surface area contributed by atoms with Crippen molar-refractivity contribution in [2.75, 3.05) is 13.2 Å². The Morgan fingerprint density at radius 1 is 1.15 bits per heavy atom. The van der Waals surface area contributed by atoms with Crippen molar-refractivity contribution >= 4 is 15.4 Å². The topological polar surface area (TPSA) is 35.2 Å². The predicted molar refractivity (Wildman–Crippen MR) is 65.1 cm³/mol. The van der Waals surface area contributed by atoms with Crippen molar-refractivity contribution in [3.63, 3.8) is 0 Å². The first-order valence-electron chi connectivity index (χ1n) is 5.21. The average Bonchev–Trinajstić information content (AvgIpc) is 1.99. The lowest BCUT2D eigenvalue weighted by Crippen LogP contribution is -2.57. The lowest BCUT2D eigenvalue weighted by Gasteiger charge is -2.37. The number of nitrogens with two attached hydrogens (primary N) is 1. The molecule has 0 heterocycles. The van der Waals surface area contributed by atoms with Crippen molar-refractivity contribution in [1.82, 2.24) is 0 Å². The van der Waals surface area contributed by atoms with Crippen LogP contribution in [0.15, 0.2) is 0 Å². The molecule has 1 unspecified atom stereocenters. The second-order valence-electron chi connectivity index (χ2n) is 4.81. The maximum atomic E-state index is 6.04. The van der Waals surface area contributed by atoms with Gasteiger partial charge in [-0.25, -0.2) is 0 Å². The van der Waals surface area contributed by atoms with E-state index in [1.165, 1.54) is 6.04 Å². The molecular weight excluding hydrogens is 194 g/mol. The summed E-state index contributed by atoms with van der Waals surface area (Å²) in [4.78, 5) is 0. The highest BCUT2D eigenvalue weighted by molar-refractivity contribution is 7.38. The molecule has 2 N–H and O–H groups in total. The molecule has 0 fully saturated rings. The smallest absolute Gasteiger partial charge is 0.176 e. The van der Waals surface area contributed by atoms with Crippen LogP contribution in [0.2, 0.25) is 32.2 Å². The van der Waals surface area contributed by atoms with Crippen molar-refractivity contribution < 1.29 is 4.43 Å². The Balaban J connectivity index is 4.34. The van der Waals surface area contributed by atoms with Gasteiger partial charge in [-0.3, -0.25) is 0 Å². The third-order valence-electron chi connectivity index (χ3n) is 2.91. The minimum atomic E-state index is -1.41. The molecule has 4 heteroatoms. The zero-order chi connectivity index (χ0) is 10.5. The second-order valence-corrected chi connectivity index (χ2v) is 20.2. The van der Waals surface area contributed by atoms with E-state index >= 15 is 0 Å². The van der Waals surface area contributed by atoms with Gasteiger partial charge in [-0.15, -0.1) is 0 Å². The van der Waals surface area contributed by atoms with E-state index in [1.807, 2.05) is 0 Å². The number of hydrogen-bond acceptors (Lipinski definition) is 2. The number of rotatable bonds is 6. The van der Waals surface area contributed by atoms with Gasteiger partial charge in [0.15, 0.2) is 7.83 Å². The minimum absolute atomic E-state index is 0.806. The maximum Gasteiger partial charge on any atom is 0.176 e. The molecule has 1 atom stereocenters. The first kappa shape index (κ1) is 13.4. The zero-order valence-electron chi connectivity index (χ0n) is 9.81. The molecule has 13 heavy (non-hydrogen) atoms. The first-order valence-corrected chi connectivity index (χ1v) is 12.3. The van der Waals surface area contributed by atoms with Crippen molar-refractivity contribution in [2.24, 2.45) is 5.73 Å². The van der Waals surface area contributed by atoms with Crippen LogP contribution < -0.4 is 5.73 Å². The SMILES string of the molecule is CCO[Si](C)(CCCN)[Si](C)(C)C. The fourth-order valence-corrected chi connectivity index (χ4v) is 8.78. The first-order chi connectivity index (χ1) is 5.87. The van der Waals surface area contributed by atoms with Crippen molar-refractivity contribution in [1.29, 1.82) is 0 Å². The molecule has 0 saturated heterocycles. The minimum Gasteiger partial charge on any atom is -0.420 e. The van der Waals surface area contributed by atoms with Gasteiger partial charge in [-0.1, -0.05) is 19.6 Å². The van der Waals surface area contributed by atoms with E-state index in [-0.39, 0.29) is 0 Å². The largest absolute Gasteiger partial charge is 0.420 e. The van der Waals surface area contributed by atoms with E-state index in [2.05, 4.69) is 33.1 Å². The third-order valence-corrected chi connectivity index (χ3v) is 19.0. The Bertz CT molecular complexity index is 147. The average molecular weight is 219 g/mol. The van der Waals surface area contributed by atoms with Gasteiger partial charge in [0.25, 0.3) is 0 Å². The molecule has 0 spiro atoms. The van der Waals surface area contributed by atoms with Gasteiger partial charge in [-0.2, -0.15) is 0 Å². The quantitative estimate of drug-likeness (QED) is 0.696. The summed E-state index contributed by atoms with van der Waals surface area (Å²) in [6.45, 7) is 13.4. The van der Waals surface area contributed by atoms with Crippen LogP contribution >= 0.6 is 0 Å². The fraction of sp³-hybridized carbons (Fsp3) is 1.00. The Kier molecular flexibility index (Phi) is 5.43. The summed E-state index contributed by atoms with van der Waals surface area (Å²) in [5.74, 6) is 0. The summed E-state index contributed by atoms with van der Waals surface area (Å²) in [6, 6.07) is 1.24. The van der Waals surface area contributed by atoms with Crippen LogP contribution in [0.1, 0.15) is 13.3 Å². The highest BCUT2D eigenvalue weighted by atomic mass is 29.3. The molecule has 0 bridgehead atoms. The Morgan fingerprint density at radius 3 is 2.00 bits per heavy atom. The van der Waals surface area contributed by atoms with Gasteiger partial charge in [0.05, 0.1) is 7.59 Å². The highest BCUT2D eigenvalue weighted by Crippen LogP contribution is 2.25. The molecule has 0 radical (unpaired) electrons. The van der Waals surface area contributed by atoms with Gasteiger partial charge in [-0.05, 0) is 32.5 Å². The molecule has 0 saturated carbocycles. The van der Waals surface area contributed by atoms with Crippen LogP contribution in [-0.2, 0) is 4.43 Å². The van der Waals surface area contributed by atoms with Gasteiger partial charge in [0, 0.05) is 6.61 Å². The lowest BCUT2D eigenvalue weighted by atomic mass is 10.5. The Labute approximate surface area is 84.8 Å². The molecule has 0 aliphatic rings. The van der Waals surface area contributed by atoms with E-state index in [4.69, 9.17) is 10.2 Å². The van der Waals surface area contributed by atoms with Crippen LogP contribution in [0.3, 0.4) is 0 Å². The molecular formula is C9H25NOSi2. The molecule has 2 nitrogen and oxygen atoms in total. The number of hydrogen-bond donors (Lipinski definition) is 1. The molecule has 0 aromatic rings. The third kappa shape index (κ3) is 3.93.